The Morgan fingerprint density at radius 1 is 1.33 bits per heavy atom. The number of carbonyl (C=O) groups is 3. The second kappa shape index (κ2) is 8.18. The number of benzene rings is 1. The van der Waals surface area contributed by atoms with E-state index in [-0.39, 0.29) is 28.7 Å². The summed E-state index contributed by atoms with van der Waals surface area (Å²) in [4.78, 5) is 35.3. The number of fused-ring (bicyclic) bond motifs is 1. The van der Waals surface area contributed by atoms with Gasteiger partial charge in [0.05, 0.1) is 11.4 Å². The monoisotopic (exact) mass is 397 g/mol. The van der Waals surface area contributed by atoms with Gasteiger partial charge in [0.15, 0.2) is 0 Å². The number of hydrogen-bond donors (Lipinski definition) is 2. The molecule has 1 aromatic carbocycles. The molecule has 146 valence electrons. The van der Waals surface area contributed by atoms with Crippen LogP contribution in [-0.4, -0.2) is 42.7 Å². The molecule has 0 spiro atoms. The molecule has 2 N–H and O–H groups in total. The van der Waals surface area contributed by atoms with Crippen molar-refractivity contribution in [2.45, 2.75) is 40.1 Å². The molecule has 0 bridgehead atoms. The molecule has 0 saturated heterocycles. The van der Waals surface area contributed by atoms with Crippen LogP contribution in [0, 0.1) is 5.41 Å². The first-order valence-electron chi connectivity index (χ1n) is 8.27. The van der Waals surface area contributed by atoms with Gasteiger partial charge in [0.25, 0.3) is 0 Å². The Kier molecular flexibility index (Phi) is 6.38. The van der Waals surface area contributed by atoms with Gasteiger partial charge in [0.2, 0.25) is 12.7 Å². The number of esters is 2. The van der Waals surface area contributed by atoms with Gasteiger partial charge in [-0.05, 0) is 44.9 Å². The van der Waals surface area contributed by atoms with Crippen molar-refractivity contribution in [1.29, 1.82) is 0 Å². The lowest BCUT2D eigenvalue weighted by Gasteiger charge is -2.29. The number of halogens is 1. The van der Waals surface area contributed by atoms with Gasteiger partial charge in [0.1, 0.15) is 11.3 Å². The summed E-state index contributed by atoms with van der Waals surface area (Å²) in [5.74, 6) is -2.23. The van der Waals surface area contributed by atoms with Gasteiger partial charge in [-0.1, -0.05) is 11.6 Å². The van der Waals surface area contributed by atoms with Crippen LogP contribution in [0.5, 0.6) is 5.75 Å². The van der Waals surface area contributed by atoms with Crippen molar-refractivity contribution < 1.29 is 33.5 Å². The van der Waals surface area contributed by atoms with E-state index in [1.807, 2.05) is 0 Å². The highest BCUT2D eigenvalue weighted by atomic mass is 35.5. The van der Waals surface area contributed by atoms with Crippen molar-refractivity contribution in [3.8, 4) is 5.75 Å². The van der Waals surface area contributed by atoms with E-state index in [1.165, 1.54) is 13.0 Å². The van der Waals surface area contributed by atoms with Gasteiger partial charge in [-0.2, -0.15) is 0 Å². The van der Waals surface area contributed by atoms with Crippen molar-refractivity contribution in [2.75, 3.05) is 6.79 Å². The van der Waals surface area contributed by atoms with Gasteiger partial charge in [0, 0.05) is 11.9 Å². The van der Waals surface area contributed by atoms with Crippen molar-refractivity contribution in [3.63, 3.8) is 0 Å². The molecule has 0 fully saturated rings. The molecule has 1 amide bonds. The summed E-state index contributed by atoms with van der Waals surface area (Å²) >= 11 is 6.06. The fourth-order valence-corrected chi connectivity index (χ4v) is 2.69. The molecule has 27 heavy (non-hydrogen) atoms. The summed E-state index contributed by atoms with van der Waals surface area (Å²) in [5, 5.41) is 12.9. The molecular weight excluding hydrogens is 376 g/mol. The molecule has 1 heterocycles. The van der Waals surface area contributed by atoms with E-state index in [4.69, 9.17) is 25.7 Å². The average Bonchev–Trinajstić information content (AvgIpc) is 2.53. The van der Waals surface area contributed by atoms with Crippen LogP contribution in [0.4, 0.5) is 0 Å². The predicted octanol–water partition coefficient (Wildman–Crippen LogP) is 1.50. The fourth-order valence-electron chi connectivity index (χ4n) is 2.45. The van der Waals surface area contributed by atoms with Crippen LogP contribution >= 0.6 is 11.6 Å². The minimum atomic E-state index is -1.34. The standard InChI is InChI=1S/C17H21BClNO7/c1-9(21)20-13-6-10-5-11(19)7-12(14(10)27-18(13)24)15(22)25-8-26-16(23)17(2,3)4/h5,7,13,24H,6,8H2,1-4H3,(H,20,21)/t13-/m0/s1. The maximum atomic E-state index is 12.4. The first-order chi connectivity index (χ1) is 12.5. The molecule has 1 aromatic rings. The minimum Gasteiger partial charge on any atom is -0.534 e. The van der Waals surface area contributed by atoms with Gasteiger partial charge < -0.3 is 24.5 Å². The minimum absolute atomic E-state index is 0.00960. The Hall–Kier alpha value is -2.26. The van der Waals surface area contributed by atoms with Crippen LogP contribution in [0.25, 0.3) is 0 Å². The maximum absolute atomic E-state index is 12.4. The Morgan fingerprint density at radius 3 is 2.59 bits per heavy atom. The summed E-state index contributed by atoms with van der Waals surface area (Å²) in [6.07, 6.45) is 0.218. The second-order valence-corrected chi connectivity index (χ2v) is 7.63. The first-order valence-corrected chi connectivity index (χ1v) is 8.65. The average molecular weight is 398 g/mol. The van der Waals surface area contributed by atoms with Crippen LogP contribution in [0.2, 0.25) is 5.02 Å². The van der Waals surface area contributed by atoms with Crippen molar-refractivity contribution >= 4 is 36.6 Å². The Balaban J connectivity index is 2.14. The molecule has 8 nitrogen and oxygen atoms in total. The highest BCUT2D eigenvalue weighted by molar-refractivity contribution is 6.47. The molecule has 0 saturated carbocycles. The highest BCUT2D eigenvalue weighted by Crippen LogP contribution is 2.33. The number of hydrogen-bond acceptors (Lipinski definition) is 7. The quantitative estimate of drug-likeness (QED) is 0.450. The molecule has 1 aliphatic rings. The topological polar surface area (TPSA) is 111 Å². The predicted molar refractivity (Wildman–Crippen MR) is 97.2 cm³/mol. The summed E-state index contributed by atoms with van der Waals surface area (Å²) in [6.45, 7) is 5.77. The lowest BCUT2D eigenvalue weighted by molar-refractivity contribution is -0.161. The Bertz CT molecular complexity index is 762. The normalized spacial score (nSPS) is 16.1. The molecule has 1 aliphatic heterocycles. The smallest absolute Gasteiger partial charge is 0.534 e. The maximum Gasteiger partial charge on any atom is 0.547 e. The zero-order valence-electron chi connectivity index (χ0n) is 15.5. The van der Waals surface area contributed by atoms with Crippen LogP contribution in [0.3, 0.4) is 0 Å². The Labute approximate surface area is 162 Å². The number of amides is 1. The van der Waals surface area contributed by atoms with Crippen molar-refractivity contribution in [1.82, 2.24) is 5.32 Å². The Morgan fingerprint density at radius 2 is 2.00 bits per heavy atom. The van der Waals surface area contributed by atoms with E-state index in [0.29, 0.717) is 5.56 Å². The van der Waals surface area contributed by atoms with Crippen LogP contribution in [0.1, 0.15) is 43.6 Å². The van der Waals surface area contributed by atoms with E-state index in [0.717, 1.165) is 0 Å². The molecule has 0 radical (unpaired) electrons. The van der Waals surface area contributed by atoms with Crippen LogP contribution in [0.15, 0.2) is 12.1 Å². The van der Waals surface area contributed by atoms with Crippen LogP contribution < -0.4 is 9.97 Å². The summed E-state index contributed by atoms with van der Waals surface area (Å²) in [5.41, 5.74) is -0.206. The van der Waals surface area contributed by atoms with E-state index in [1.54, 1.807) is 26.8 Å². The van der Waals surface area contributed by atoms with Gasteiger partial charge >= 0.3 is 19.1 Å². The number of nitrogens with one attached hydrogen (secondary N) is 1. The third-order valence-corrected chi connectivity index (χ3v) is 3.97. The van der Waals surface area contributed by atoms with Gasteiger partial charge in [-0.15, -0.1) is 0 Å². The summed E-state index contributed by atoms with van der Waals surface area (Å²) in [7, 11) is -1.34. The molecule has 0 aliphatic carbocycles. The van der Waals surface area contributed by atoms with Crippen molar-refractivity contribution in [3.05, 3.63) is 28.3 Å². The van der Waals surface area contributed by atoms with E-state index in [9.17, 15) is 19.4 Å². The van der Waals surface area contributed by atoms with E-state index >= 15 is 0 Å². The molecule has 1 atom stereocenters. The van der Waals surface area contributed by atoms with Crippen LogP contribution in [-0.2, 0) is 25.5 Å². The lowest BCUT2D eigenvalue weighted by atomic mass is 9.72. The van der Waals surface area contributed by atoms with Gasteiger partial charge in [-0.25, -0.2) is 4.79 Å². The molecule has 10 heteroatoms. The lowest BCUT2D eigenvalue weighted by Crippen LogP contribution is -2.52. The largest absolute Gasteiger partial charge is 0.547 e. The third kappa shape index (κ3) is 5.37. The number of rotatable bonds is 4. The van der Waals surface area contributed by atoms with Crippen molar-refractivity contribution in [2.24, 2.45) is 5.41 Å². The van der Waals surface area contributed by atoms with Gasteiger partial charge in [-0.3, -0.25) is 9.59 Å². The molecular formula is C17H21BClNO7. The molecule has 0 unspecified atom stereocenters. The molecule has 2 rings (SSSR count). The number of ether oxygens (including phenoxy) is 2. The molecule has 0 aromatic heterocycles. The summed E-state index contributed by atoms with van der Waals surface area (Å²) in [6, 6.07) is 2.91. The highest BCUT2D eigenvalue weighted by Gasteiger charge is 2.38. The summed E-state index contributed by atoms with van der Waals surface area (Å²) < 4.78 is 15.3. The second-order valence-electron chi connectivity index (χ2n) is 7.19. The van der Waals surface area contributed by atoms with E-state index in [2.05, 4.69) is 5.32 Å². The fraction of sp³-hybridized carbons (Fsp3) is 0.471. The number of carbonyl (C=O) groups excluding carboxylic acids is 3. The van der Waals surface area contributed by atoms with E-state index < -0.39 is 37.2 Å². The zero-order valence-corrected chi connectivity index (χ0v) is 16.3. The SMILES string of the molecule is CC(=O)N[C@H]1Cc2cc(Cl)cc(C(=O)OCOC(=O)C(C)(C)C)c2OB1O. The third-order valence-electron chi connectivity index (χ3n) is 3.75. The first kappa shape index (κ1) is 21.0. The zero-order chi connectivity index (χ0) is 20.4.